The maximum absolute atomic E-state index is 12.9. The van der Waals surface area contributed by atoms with Crippen molar-refractivity contribution in [2.24, 2.45) is 0 Å². The first kappa shape index (κ1) is 19.2. The normalized spacial score (nSPS) is 13.3. The molecule has 0 atom stereocenters. The lowest BCUT2D eigenvalue weighted by Gasteiger charge is -2.11. The Hall–Kier alpha value is -3.79. The molecule has 1 aliphatic carbocycles. The van der Waals surface area contributed by atoms with Crippen molar-refractivity contribution in [1.82, 2.24) is 15.1 Å². The predicted molar refractivity (Wildman–Crippen MR) is 117 cm³/mol. The molecule has 0 radical (unpaired) electrons. The van der Waals surface area contributed by atoms with Gasteiger partial charge in [-0.15, -0.1) is 11.3 Å². The number of fused-ring (bicyclic) bond motifs is 1. The molecule has 156 valence electrons. The van der Waals surface area contributed by atoms with Crippen LogP contribution in [0.1, 0.15) is 50.9 Å². The number of thiophene rings is 1. The fourth-order valence-corrected chi connectivity index (χ4v) is 4.11. The second kappa shape index (κ2) is 7.47. The lowest BCUT2D eigenvalue weighted by atomic mass is 10.1. The number of carbonyl (C=O) groups is 2. The van der Waals surface area contributed by atoms with Gasteiger partial charge in [0.05, 0.1) is 15.8 Å². The molecule has 0 saturated heterocycles. The number of carbonyl (C=O) groups excluding carboxylic acids is 2. The van der Waals surface area contributed by atoms with Crippen LogP contribution in [-0.2, 0) is 0 Å². The third-order valence-corrected chi connectivity index (χ3v) is 6.10. The predicted octanol–water partition coefficient (Wildman–Crippen LogP) is 3.95. The van der Waals surface area contributed by atoms with E-state index in [1.165, 1.54) is 17.7 Å². The molecule has 0 bridgehead atoms. The van der Waals surface area contributed by atoms with Gasteiger partial charge >= 0.3 is 0 Å². The van der Waals surface area contributed by atoms with Gasteiger partial charge in [-0.25, -0.2) is 9.97 Å². The van der Waals surface area contributed by atoms with Crippen molar-refractivity contribution in [2.45, 2.75) is 25.7 Å². The Labute approximate surface area is 180 Å². The molecule has 4 aromatic rings. The minimum atomic E-state index is -0.368. The Morgan fingerprint density at radius 3 is 2.81 bits per heavy atom. The molecule has 1 aromatic carbocycles. The maximum Gasteiger partial charge on any atom is 0.277 e. The number of amides is 2. The third-order valence-electron chi connectivity index (χ3n) is 5.11. The van der Waals surface area contributed by atoms with E-state index >= 15 is 0 Å². The Morgan fingerprint density at radius 2 is 2.00 bits per heavy atom. The average Bonchev–Trinajstić information content (AvgIpc) is 3.31. The topological polar surface area (TPSA) is 136 Å². The Kier molecular flexibility index (Phi) is 4.63. The van der Waals surface area contributed by atoms with Crippen LogP contribution in [0.3, 0.4) is 0 Å². The molecular weight excluding hydrogens is 416 g/mol. The van der Waals surface area contributed by atoms with E-state index in [9.17, 15) is 9.59 Å². The highest BCUT2D eigenvalue weighted by atomic mass is 32.1. The van der Waals surface area contributed by atoms with E-state index in [0.29, 0.717) is 38.9 Å². The quantitative estimate of drug-likeness (QED) is 0.432. The first-order valence-electron chi connectivity index (χ1n) is 9.67. The zero-order chi connectivity index (χ0) is 21.5. The second-order valence-electron chi connectivity index (χ2n) is 7.41. The number of nitrogens with two attached hydrogens (primary N) is 1. The number of aryl methyl sites for hydroxylation is 1. The van der Waals surface area contributed by atoms with Crippen LogP contribution in [0, 0.1) is 6.92 Å². The van der Waals surface area contributed by atoms with Gasteiger partial charge in [-0.1, -0.05) is 11.2 Å². The molecular formula is C21H18N6O3S. The monoisotopic (exact) mass is 434 g/mol. The van der Waals surface area contributed by atoms with E-state index < -0.39 is 0 Å². The standard InChI is InChI=1S/C21H18N6O3S/c1-10-2-5-12(25-21(29)15-7-16(30-27-15)11-3-4-11)6-14(10)26-20(28)13-8-31-18-17(13)23-9-24-19(18)22/h2,5-9,11H,3-4H2,1H3,(H,25,29)(H,26,28)(H2,22,23,24). The van der Waals surface area contributed by atoms with Crippen LogP contribution < -0.4 is 16.4 Å². The van der Waals surface area contributed by atoms with Crippen molar-refractivity contribution in [3.05, 3.63) is 58.6 Å². The van der Waals surface area contributed by atoms with Gasteiger partial charge < -0.3 is 20.9 Å². The summed E-state index contributed by atoms with van der Waals surface area (Å²) in [6.45, 7) is 1.87. The summed E-state index contributed by atoms with van der Waals surface area (Å²) in [6.07, 6.45) is 3.46. The molecule has 2 amide bonds. The smallest absolute Gasteiger partial charge is 0.277 e. The summed E-state index contributed by atoms with van der Waals surface area (Å²) in [5.41, 5.74) is 8.96. The fourth-order valence-electron chi connectivity index (χ4n) is 3.21. The number of hydrogen-bond acceptors (Lipinski definition) is 8. The van der Waals surface area contributed by atoms with Gasteiger partial charge in [0.15, 0.2) is 5.69 Å². The summed E-state index contributed by atoms with van der Waals surface area (Å²) in [7, 11) is 0. The minimum Gasteiger partial charge on any atom is -0.382 e. The molecule has 0 spiro atoms. The maximum atomic E-state index is 12.9. The van der Waals surface area contributed by atoms with Crippen molar-refractivity contribution >= 4 is 50.6 Å². The fraction of sp³-hybridized carbons (Fsp3) is 0.190. The van der Waals surface area contributed by atoms with Gasteiger partial charge in [-0.05, 0) is 37.5 Å². The highest BCUT2D eigenvalue weighted by Gasteiger charge is 2.29. The number of benzene rings is 1. The van der Waals surface area contributed by atoms with Gasteiger partial charge in [-0.3, -0.25) is 9.59 Å². The van der Waals surface area contributed by atoms with Crippen LogP contribution in [0.2, 0.25) is 0 Å². The second-order valence-corrected chi connectivity index (χ2v) is 8.29. The molecule has 9 nitrogen and oxygen atoms in total. The first-order chi connectivity index (χ1) is 15.0. The van der Waals surface area contributed by atoms with Gasteiger partial charge in [-0.2, -0.15) is 0 Å². The molecule has 3 aromatic heterocycles. The number of aromatic nitrogens is 3. The molecule has 1 aliphatic rings. The van der Waals surface area contributed by atoms with Crippen LogP contribution in [0.25, 0.3) is 10.2 Å². The molecule has 5 rings (SSSR count). The molecule has 0 aliphatic heterocycles. The van der Waals surface area contributed by atoms with E-state index in [1.54, 1.807) is 23.6 Å². The van der Waals surface area contributed by atoms with Crippen molar-refractivity contribution in [1.29, 1.82) is 0 Å². The summed E-state index contributed by atoms with van der Waals surface area (Å²) < 4.78 is 5.91. The average molecular weight is 434 g/mol. The van der Waals surface area contributed by atoms with Crippen LogP contribution in [0.5, 0.6) is 0 Å². The van der Waals surface area contributed by atoms with Crippen molar-refractivity contribution in [3.8, 4) is 0 Å². The molecule has 10 heteroatoms. The summed E-state index contributed by atoms with van der Waals surface area (Å²) in [6, 6.07) is 6.96. The number of nitrogen functional groups attached to an aromatic ring is 1. The molecule has 1 saturated carbocycles. The van der Waals surface area contributed by atoms with Crippen LogP contribution in [0.4, 0.5) is 17.2 Å². The highest BCUT2D eigenvalue weighted by molar-refractivity contribution is 7.18. The SMILES string of the molecule is Cc1ccc(NC(=O)c2cc(C3CC3)on2)cc1NC(=O)c1csc2c(N)ncnc12. The summed E-state index contributed by atoms with van der Waals surface area (Å²) in [4.78, 5) is 33.5. The van der Waals surface area contributed by atoms with Crippen molar-refractivity contribution in [2.75, 3.05) is 16.4 Å². The molecule has 31 heavy (non-hydrogen) atoms. The Balaban J connectivity index is 1.34. The van der Waals surface area contributed by atoms with E-state index in [-0.39, 0.29) is 17.5 Å². The third kappa shape index (κ3) is 3.73. The summed E-state index contributed by atoms with van der Waals surface area (Å²) >= 11 is 1.32. The van der Waals surface area contributed by atoms with Crippen LogP contribution in [0.15, 0.2) is 40.5 Å². The largest absolute Gasteiger partial charge is 0.382 e. The van der Waals surface area contributed by atoms with Gasteiger partial charge in [0.2, 0.25) is 0 Å². The van der Waals surface area contributed by atoms with Crippen LogP contribution >= 0.6 is 11.3 Å². The number of nitrogens with zero attached hydrogens (tertiary/aromatic N) is 3. The van der Waals surface area contributed by atoms with Crippen molar-refractivity contribution in [3.63, 3.8) is 0 Å². The molecule has 1 fully saturated rings. The van der Waals surface area contributed by atoms with Gasteiger partial charge in [0, 0.05) is 28.7 Å². The van der Waals surface area contributed by atoms with Crippen LogP contribution in [-0.4, -0.2) is 26.9 Å². The van der Waals surface area contributed by atoms with E-state index in [4.69, 9.17) is 10.3 Å². The zero-order valence-electron chi connectivity index (χ0n) is 16.5. The number of anilines is 3. The number of hydrogen-bond donors (Lipinski definition) is 3. The zero-order valence-corrected chi connectivity index (χ0v) is 17.3. The summed E-state index contributed by atoms with van der Waals surface area (Å²) in [5.74, 6) is 0.778. The van der Waals surface area contributed by atoms with E-state index in [1.807, 2.05) is 13.0 Å². The van der Waals surface area contributed by atoms with Gasteiger partial charge in [0.25, 0.3) is 11.8 Å². The first-order valence-corrected chi connectivity index (χ1v) is 10.5. The molecule has 3 heterocycles. The number of nitrogens with one attached hydrogen (secondary N) is 2. The number of rotatable bonds is 5. The van der Waals surface area contributed by atoms with Crippen molar-refractivity contribution < 1.29 is 14.1 Å². The van der Waals surface area contributed by atoms with E-state index in [2.05, 4.69) is 25.8 Å². The summed E-state index contributed by atoms with van der Waals surface area (Å²) in [5, 5.41) is 11.2. The Morgan fingerprint density at radius 1 is 1.16 bits per heavy atom. The highest BCUT2D eigenvalue weighted by Crippen LogP contribution is 2.40. The molecule has 0 unspecified atom stereocenters. The minimum absolute atomic E-state index is 0.232. The molecule has 4 N–H and O–H groups in total. The lowest BCUT2D eigenvalue weighted by Crippen LogP contribution is -2.15. The Bertz CT molecular complexity index is 1320. The van der Waals surface area contributed by atoms with E-state index in [0.717, 1.165) is 24.2 Å². The van der Waals surface area contributed by atoms with Gasteiger partial charge in [0.1, 0.15) is 17.9 Å². The lowest BCUT2D eigenvalue weighted by molar-refractivity contribution is 0.101.